The number of hydrogen-bond donors (Lipinski definition) is 1. The van der Waals surface area contributed by atoms with Gasteiger partial charge >= 0.3 is 0 Å². The van der Waals surface area contributed by atoms with Crippen molar-refractivity contribution in [2.45, 2.75) is 31.7 Å². The lowest BCUT2D eigenvalue weighted by Crippen LogP contribution is -2.34. The SMILES string of the molecule is CNCCC(=O)N(C)C1CCCc2ccccc21. The van der Waals surface area contributed by atoms with Gasteiger partial charge in [0.05, 0.1) is 6.04 Å². The van der Waals surface area contributed by atoms with E-state index in [0.29, 0.717) is 6.42 Å². The number of aryl methyl sites for hydroxylation is 1. The molecule has 1 aliphatic carbocycles. The van der Waals surface area contributed by atoms with Gasteiger partial charge in [-0.25, -0.2) is 0 Å². The van der Waals surface area contributed by atoms with Gasteiger partial charge in [-0.1, -0.05) is 24.3 Å². The number of nitrogens with zero attached hydrogens (tertiary/aromatic N) is 1. The third-order valence-corrected chi connectivity index (χ3v) is 3.79. The summed E-state index contributed by atoms with van der Waals surface area (Å²) in [7, 11) is 3.81. The highest BCUT2D eigenvalue weighted by Crippen LogP contribution is 2.33. The van der Waals surface area contributed by atoms with E-state index >= 15 is 0 Å². The Morgan fingerprint density at radius 3 is 3.00 bits per heavy atom. The maximum atomic E-state index is 12.1. The molecule has 0 saturated carbocycles. The molecule has 0 radical (unpaired) electrons. The number of amides is 1. The third kappa shape index (κ3) is 2.72. The molecular formula is C15H22N2O. The van der Waals surface area contributed by atoms with Crippen LogP contribution in [-0.2, 0) is 11.2 Å². The van der Waals surface area contributed by atoms with E-state index in [1.807, 2.05) is 19.0 Å². The molecule has 0 aromatic heterocycles. The summed E-state index contributed by atoms with van der Waals surface area (Å²) in [5, 5.41) is 3.03. The predicted octanol–water partition coefficient (Wildman–Crippen LogP) is 2.13. The van der Waals surface area contributed by atoms with Crippen LogP contribution in [0.25, 0.3) is 0 Å². The molecule has 1 amide bonds. The molecule has 1 aromatic rings. The highest BCUT2D eigenvalue weighted by atomic mass is 16.2. The fourth-order valence-corrected chi connectivity index (χ4v) is 2.71. The zero-order valence-corrected chi connectivity index (χ0v) is 11.3. The molecule has 3 heteroatoms. The number of rotatable bonds is 4. The second kappa shape index (κ2) is 6.01. The number of carbonyl (C=O) groups excluding carboxylic acids is 1. The average molecular weight is 246 g/mol. The number of hydrogen-bond acceptors (Lipinski definition) is 2. The minimum Gasteiger partial charge on any atom is -0.339 e. The number of fused-ring (bicyclic) bond motifs is 1. The molecule has 18 heavy (non-hydrogen) atoms. The van der Waals surface area contributed by atoms with Crippen molar-refractivity contribution in [2.24, 2.45) is 0 Å². The van der Waals surface area contributed by atoms with Crippen molar-refractivity contribution in [3.63, 3.8) is 0 Å². The van der Waals surface area contributed by atoms with Crippen molar-refractivity contribution >= 4 is 5.91 Å². The monoisotopic (exact) mass is 246 g/mol. The maximum Gasteiger partial charge on any atom is 0.224 e. The molecule has 0 heterocycles. The minimum absolute atomic E-state index is 0.228. The van der Waals surface area contributed by atoms with Gasteiger partial charge in [0, 0.05) is 20.0 Å². The van der Waals surface area contributed by atoms with Gasteiger partial charge in [-0.3, -0.25) is 4.79 Å². The Hall–Kier alpha value is -1.35. The summed E-state index contributed by atoms with van der Waals surface area (Å²) < 4.78 is 0. The van der Waals surface area contributed by atoms with E-state index in [1.54, 1.807) is 0 Å². The summed E-state index contributed by atoms with van der Waals surface area (Å²) in [6.45, 7) is 0.748. The molecule has 2 rings (SSSR count). The summed E-state index contributed by atoms with van der Waals surface area (Å²) in [5.41, 5.74) is 2.74. The number of nitrogens with one attached hydrogen (secondary N) is 1. The molecule has 3 nitrogen and oxygen atoms in total. The quantitative estimate of drug-likeness (QED) is 0.882. The van der Waals surface area contributed by atoms with Crippen LogP contribution < -0.4 is 5.32 Å². The second-order valence-corrected chi connectivity index (χ2v) is 4.97. The van der Waals surface area contributed by atoms with E-state index in [-0.39, 0.29) is 11.9 Å². The lowest BCUT2D eigenvalue weighted by atomic mass is 9.87. The van der Waals surface area contributed by atoms with Crippen LogP contribution in [0, 0.1) is 0 Å². The fourth-order valence-electron chi connectivity index (χ4n) is 2.71. The summed E-state index contributed by atoms with van der Waals surface area (Å²) in [6.07, 6.45) is 3.97. The Balaban J connectivity index is 2.12. The van der Waals surface area contributed by atoms with Gasteiger partial charge in [-0.2, -0.15) is 0 Å². The first-order chi connectivity index (χ1) is 8.74. The lowest BCUT2D eigenvalue weighted by molar-refractivity contribution is -0.132. The minimum atomic E-state index is 0.228. The first-order valence-corrected chi connectivity index (χ1v) is 6.72. The van der Waals surface area contributed by atoms with Crippen LogP contribution in [0.5, 0.6) is 0 Å². The van der Waals surface area contributed by atoms with Crippen LogP contribution in [0.15, 0.2) is 24.3 Å². The van der Waals surface area contributed by atoms with Crippen LogP contribution in [0.2, 0.25) is 0 Å². The molecule has 1 aliphatic rings. The topological polar surface area (TPSA) is 32.3 Å². The van der Waals surface area contributed by atoms with Gasteiger partial charge in [-0.05, 0) is 37.4 Å². The molecule has 98 valence electrons. The van der Waals surface area contributed by atoms with Crippen molar-refractivity contribution < 1.29 is 4.79 Å². The zero-order chi connectivity index (χ0) is 13.0. The molecule has 0 aliphatic heterocycles. The Morgan fingerprint density at radius 1 is 1.44 bits per heavy atom. The lowest BCUT2D eigenvalue weighted by Gasteiger charge is -2.33. The van der Waals surface area contributed by atoms with Crippen LogP contribution in [0.3, 0.4) is 0 Å². The molecule has 1 unspecified atom stereocenters. The normalized spacial score (nSPS) is 18.2. The van der Waals surface area contributed by atoms with Gasteiger partial charge in [0.1, 0.15) is 0 Å². The van der Waals surface area contributed by atoms with E-state index in [4.69, 9.17) is 0 Å². The Kier molecular flexibility index (Phi) is 4.37. The summed E-state index contributed by atoms with van der Waals surface area (Å²) in [6, 6.07) is 8.78. The van der Waals surface area contributed by atoms with Crippen molar-refractivity contribution in [2.75, 3.05) is 20.6 Å². The molecule has 0 bridgehead atoms. The molecule has 0 fully saturated rings. The first-order valence-electron chi connectivity index (χ1n) is 6.72. The number of benzene rings is 1. The third-order valence-electron chi connectivity index (χ3n) is 3.79. The summed E-state index contributed by atoms with van der Waals surface area (Å²) in [5.74, 6) is 0.228. The predicted molar refractivity (Wildman–Crippen MR) is 73.4 cm³/mol. The van der Waals surface area contributed by atoms with E-state index in [9.17, 15) is 4.79 Å². The van der Waals surface area contributed by atoms with Gasteiger partial charge < -0.3 is 10.2 Å². The molecule has 1 aromatic carbocycles. The number of carbonyl (C=O) groups is 1. The van der Waals surface area contributed by atoms with Crippen LogP contribution >= 0.6 is 0 Å². The van der Waals surface area contributed by atoms with Crippen LogP contribution in [0.1, 0.15) is 36.4 Å². The van der Waals surface area contributed by atoms with Crippen LogP contribution in [0.4, 0.5) is 0 Å². The fraction of sp³-hybridized carbons (Fsp3) is 0.533. The maximum absolute atomic E-state index is 12.1. The first kappa shape index (κ1) is 13.1. The van der Waals surface area contributed by atoms with E-state index < -0.39 is 0 Å². The summed E-state index contributed by atoms with van der Waals surface area (Å²) in [4.78, 5) is 14.0. The Bertz CT molecular complexity index is 417. The molecule has 0 saturated heterocycles. The average Bonchev–Trinajstić information content (AvgIpc) is 2.43. The van der Waals surface area contributed by atoms with Crippen molar-refractivity contribution in [1.82, 2.24) is 10.2 Å². The van der Waals surface area contributed by atoms with Crippen molar-refractivity contribution in [3.05, 3.63) is 35.4 Å². The van der Waals surface area contributed by atoms with Gasteiger partial charge in [0.15, 0.2) is 0 Å². The van der Waals surface area contributed by atoms with Crippen molar-refractivity contribution in [3.8, 4) is 0 Å². The Morgan fingerprint density at radius 2 is 2.22 bits per heavy atom. The van der Waals surface area contributed by atoms with Gasteiger partial charge in [0.2, 0.25) is 5.91 Å². The molecule has 1 N–H and O–H groups in total. The Labute approximate surface area is 109 Å². The summed E-state index contributed by atoms with van der Waals surface area (Å²) >= 11 is 0. The zero-order valence-electron chi connectivity index (χ0n) is 11.3. The van der Waals surface area contributed by atoms with Crippen LogP contribution in [-0.4, -0.2) is 31.4 Å². The second-order valence-electron chi connectivity index (χ2n) is 4.97. The highest BCUT2D eigenvalue weighted by Gasteiger charge is 2.25. The van der Waals surface area contributed by atoms with Gasteiger partial charge in [0.25, 0.3) is 0 Å². The van der Waals surface area contributed by atoms with E-state index in [1.165, 1.54) is 17.5 Å². The molecule has 0 spiro atoms. The molecular weight excluding hydrogens is 224 g/mol. The highest BCUT2D eigenvalue weighted by molar-refractivity contribution is 5.76. The largest absolute Gasteiger partial charge is 0.339 e. The smallest absolute Gasteiger partial charge is 0.224 e. The van der Waals surface area contributed by atoms with Gasteiger partial charge in [-0.15, -0.1) is 0 Å². The van der Waals surface area contributed by atoms with Crippen molar-refractivity contribution in [1.29, 1.82) is 0 Å². The van der Waals surface area contributed by atoms with E-state index in [2.05, 4.69) is 29.6 Å². The van der Waals surface area contributed by atoms with E-state index in [0.717, 1.165) is 19.4 Å². The molecule has 1 atom stereocenters. The standard InChI is InChI=1S/C15H22N2O/c1-16-11-10-15(18)17(2)14-9-5-7-12-6-3-4-8-13(12)14/h3-4,6,8,14,16H,5,7,9-11H2,1-2H3.